The van der Waals surface area contributed by atoms with Crippen molar-refractivity contribution in [3.05, 3.63) is 114 Å². The summed E-state index contributed by atoms with van der Waals surface area (Å²) in [7, 11) is 0. The van der Waals surface area contributed by atoms with Gasteiger partial charge in [0.15, 0.2) is 20.0 Å². The molecule has 4 aliphatic heterocycles. The summed E-state index contributed by atoms with van der Waals surface area (Å²) >= 11 is 4.67. The minimum absolute atomic E-state index is 0.00232. The van der Waals surface area contributed by atoms with E-state index in [1.165, 1.54) is 90.9 Å². The Labute approximate surface area is 848 Å². The molecule has 32 nitrogen and oxygen atoms in total. The van der Waals surface area contributed by atoms with Gasteiger partial charge in [-0.15, -0.1) is 45.3 Å². The van der Waals surface area contributed by atoms with Crippen LogP contribution < -0.4 is 42.5 Å². The number of nitrogens with one attached hydrogen (secondary N) is 8. The number of pyridine rings is 4. The Morgan fingerprint density at radius 3 is 1.11 bits per heavy atom. The van der Waals surface area contributed by atoms with Gasteiger partial charge in [-0.1, -0.05) is 32.1 Å². The monoisotopic (exact) mass is 2030 g/mol. The van der Waals surface area contributed by atoms with E-state index in [9.17, 15) is 67.6 Å². The topological polar surface area (TPSA) is 430 Å². The van der Waals surface area contributed by atoms with Crippen LogP contribution >= 0.6 is 45.3 Å². The number of aliphatic hydroxyl groups is 4. The predicted octanol–water partition coefficient (Wildman–Crippen LogP) is 17.6. The van der Waals surface area contributed by atoms with Gasteiger partial charge in [-0.25, -0.2) is 48.7 Å². The fraction of sp³-hybridized carbons (Fsp3) is 0.615. The number of halogens is 2. The number of likely N-dealkylation sites (tertiary alicyclic amines) is 4. The average molecular weight is 2030 g/mol. The van der Waals surface area contributed by atoms with E-state index in [4.69, 9.17) is 4.98 Å². The Balaban J connectivity index is 0.000000151. The van der Waals surface area contributed by atoms with E-state index in [-0.39, 0.29) is 111 Å². The van der Waals surface area contributed by atoms with Crippen LogP contribution in [0.2, 0.25) is 0 Å². The molecule has 8 amide bonds. The Hall–Kier alpha value is -10.2. The highest BCUT2D eigenvalue weighted by Gasteiger charge is 2.48. The lowest BCUT2D eigenvalue weighted by molar-refractivity contribution is -0.0300. The van der Waals surface area contributed by atoms with E-state index in [0.29, 0.717) is 93.6 Å². The van der Waals surface area contributed by atoms with Gasteiger partial charge in [-0.05, 0) is 292 Å². The number of aromatic nitrogens is 8. The van der Waals surface area contributed by atoms with Crippen LogP contribution in [0.3, 0.4) is 0 Å². The van der Waals surface area contributed by atoms with E-state index in [1.807, 2.05) is 87.6 Å². The maximum absolute atomic E-state index is 14.0. The van der Waals surface area contributed by atoms with Crippen LogP contribution in [0.1, 0.15) is 367 Å². The zero-order valence-electron chi connectivity index (χ0n) is 85.3. The second kappa shape index (κ2) is 44.8. The maximum Gasteiger partial charge on any atom is 0.280 e. The second-order valence-corrected chi connectivity index (χ2v) is 47.8. The molecule has 0 bridgehead atoms. The highest BCUT2D eigenvalue weighted by atomic mass is 32.1. The van der Waals surface area contributed by atoms with Gasteiger partial charge in [0.2, 0.25) is 0 Å². The first-order valence-electron chi connectivity index (χ1n) is 50.6. The molecule has 4 saturated heterocycles. The first kappa shape index (κ1) is 108. The van der Waals surface area contributed by atoms with Gasteiger partial charge in [-0.3, -0.25) is 38.4 Å². The minimum Gasteiger partial charge on any atom is -0.389 e. The predicted molar refractivity (Wildman–Crippen MR) is 554 cm³/mol. The van der Waals surface area contributed by atoms with Gasteiger partial charge in [0.25, 0.3) is 53.2 Å². The Morgan fingerprint density at radius 1 is 0.415 bits per heavy atom. The van der Waals surface area contributed by atoms with Crippen molar-refractivity contribution >= 4 is 116 Å². The van der Waals surface area contributed by atoms with Crippen LogP contribution in [0.4, 0.5) is 32.1 Å². The van der Waals surface area contributed by atoms with Crippen molar-refractivity contribution in [3.8, 4) is 41.8 Å². The summed E-state index contributed by atoms with van der Waals surface area (Å²) in [4.78, 5) is 151. The molecule has 4 atom stereocenters. The smallest absolute Gasteiger partial charge is 0.280 e. The Kier molecular flexibility index (Phi) is 33.9. The molecule has 17 rings (SSSR count). The standard InChI is InChI=1S/C29H41N5O3S.C26H35N5O3S.C25H35N5O3S.C24H33F2N5O3S/c1-18-9-7-8-14-34(18)28(36)24-25(38-27(33-24)26(35)31-17-29(2,3)37)22-16-30-23(15-21(22)19-12-13-19)32-20-10-5-4-6-11-20;1-16-13-20(29-18-8-3-4-9-18)27-14-19(16)22-21(25(33)31-12-5-7-17(31)2)30-24(35-22)23(32)28-15-26(34)10-6-11-26;1-15-12-18(29-25(5)9-7-10-25)26-13-17(15)20-19(23(32)30-11-6-8-16(30)2)28-22(34-20)21(31)27-14-24(3,4)33;1-13-8-16(30-22(3,4)5)27-10-15(13)18-17(21(33)31-12-24(25,26)9-14(31)2)29-20(35-18)19(32)28-11-23(6,7)34/h15-16,18-20,37H,4-14,17H2,1-3H3,(H,30,32)(H,31,35);13-14,17-18,34H,3-12,15H2,1-2H3,(H,27,29)(H,28,32);12-13,16,33H,6-11,14H2,1-5H3,(H,26,29)(H,27,31);8,10,14,34H,9,11-12H2,1-7H3,(H,27,30)(H,28,32)/t18-;17-;16-;14-/m0000/s1. The van der Waals surface area contributed by atoms with Crippen molar-refractivity contribution in [1.29, 1.82) is 0 Å². The van der Waals surface area contributed by atoms with Crippen molar-refractivity contribution in [1.82, 2.24) is 80.7 Å². The normalized spacial score (nSPS) is 20.0. The number of hydrogen-bond acceptors (Lipinski definition) is 28. The summed E-state index contributed by atoms with van der Waals surface area (Å²) in [5, 5.41) is 65.9. The molecule has 9 fully saturated rings. The molecule has 5 aliphatic carbocycles. The molecule has 12 N–H and O–H groups in total. The fourth-order valence-corrected chi connectivity index (χ4v) is 23.4. The largest absolute Gasteiger partial charge is 0.389 e. The van der Waals surface area contributed by atoms with Gasteiger partial charge in [0, 0.05) is 147 Å². The number of hydrogen-bond donors (Lipinski definition) is 12. The maximum atomic E-state index is 14.0. The molecule has 0 spiro atoms. The molecule has 9 aliphatic rings. The number of piperidine rings is 1. The van der Waals surface area contributed by atoms with Gasteiger partial charge in [-0.2, -0.15) is 0 Å². The van der Waals surface area contributed by atoms with Crippen molar-refractivity contribution < 1.29 is 67.6 Å². The lowest BCUT2D eigenvalue weighted by Crippen LogP contribution is -2.47. The zero-order valence-corrected chi connectivity index (χ0v) is 88.6. The van der Waals surface area contributed by atoms with Crippen LogP contribution in [0.25, 0.3) is 41.8 Å². The third-order valence-electron chi connectivity index (χ3n) is 27.8. The number of amides is 8. The fourth-order valence-electron chi connectivity index (χ4n) is 19.2. The van der Waals surface area contributed by atoms with Gasteiger partial charge < -0.3 is 82.6 Å². The van der Waals surface area contributed by atoms with Crippen LogP contribution in [0.15, 0.2) is 49.1 Å². The van der Waals surface area contributed by atoms with Crippen molar-refractivity contribution in [2.45, 2.75) is 360 Å². The van der Waals surface area contributed by atoms with Gasteiger partial charge >= 0.3 is 0 Å². The van der Waals surface area contributed by atoms with Crippen molar-refractivity contribution in [2.75, 3.05) is 73.6 Å². The summed E-state index contributed by atoms with van der Waals surface area (Å²) in [6, 6.07) is 8.70. The first-order chi connectivity index (χ1) is 66.9. The molecule has 8 aromatic heterocycles. The molecule has 12 heterocycles. The zero-order chi connectivity index (χ0) is 102. The SMILES string of the molecule is C[C@H]1CCCCN1C(=O)c1nc(C(=O)NCC(C)(C)O)sc1-c1cnc(NC2CCCCC2)cc1C1CC1.Cc1cc(NC(C)(C)C)ncc1-c1sc(C(=O)NCC(C)(C)O)nc1C(=O)N1CC(F)(F)C[C@@H]1C.Cc1cc(NC2(C)CCC2)ncc1-c1sc(C(=O)NCC(C)(C)O)nc1C(=O)N1CCC[C@@H]1C.Cc1cc(NC2CCCC2)ncc1-c1sc(C(=O)NCC2(O)CCC2)nc1C(=O)N1CCC[C@@H]1C. The number of rotatable bonds is 28. The third-order valence-corrected chi connectivity index (χ3v) is 32.2. The van der Waals surface area contributed by atoms with Crippen LogP contribution in [-0.4, -0.2) is 255 Å². The van der Waals surface area contributed by atoms with Gasteiger partial charge in [0.1, 0.15) is 46.0 Å². The summed E-state index contributed by atoms with van der Waals surface area (Å²) in [6.07, 6.45) is 32.6. The summed E-state index contributed by atoms with van der Waals surface area (Å²) in [5.41, 5.74) is 3.79. The van der Waals surface area contributed by atoms with E-state index in [1.54, 1.807) is 67.1 Å². The average Bonchev–Trinajstić information content (AvgIpc) is 1.62. The molecule has 8 aromatic rings. The first-order valence-corrected chi connectivity index (χ1v) is 53.9. The highest BCUT2D eigenvalue weighted by Crippen LogP contribution is 2.49. The van der Waals surface area contributed by atoms with Crippen molar-refractivity contribution in [2.24, 2.45) is 0 Å². The van der Waals surface area contributed by atoms with E-state index in [0.717, 1.165) is 162 Å². The lowest BCUT2D eigenvalue weighted by Gasteiger charge is -2.39. The number of anilines is 4. The molecular formula is C104H144F2N20O12S4. The molecule has 142 heavy (non-hydrogen) atoms. The lowest BCUT2D eigenvalue weighted by atomic mass is 9.78. The molecule has 38 heteroatoms. The third kappa shape index (κ3) is 27.7. The number of alkyl halides is 2. The van der Waals surface area contributed by atoms with Crippen LogP contribution in [0, 0.1) is 20.8 Å². The molecule has 770 valence electrons. The quantitative estimate of drug-likeness (QED) is 0.0217. The molecule has 0 unspecified atom stereocenters. The number of aryl methyl sites for hydroxylation is 3. The Morgan fingerprint density at radius 2 is 0.761 bits per heavy atom. The summed E-state index contributed by atoms with van der Waals surface area (Å²) < 4.78 is 28.0. The number of carbonyl (C=O) groups excluding carboxylic acids is 8. The highest BCUT2D eigenvalue weighted by molar-refractivity contribution is 7.18. The summed E-state index contributed by atoms with van der Waals surface area (Å²) in [6.45, 7) is 33.2. The van der Waals surface area contributed by atoms with E-state index < -0.39 is 65.1 Å². The van der Waals surface area contributed by atoms with Crippen LogP contribution in [-0.2, 0) is 0 Å². The molecule has 5 saturated carbocycles. The van der Waals surface area contributed by atoms with Crippen molar-refractivity contribution in [3.63, 3.8) is 0 Å². The Bertz CT molecular complexity index is 5890. The molecular weight excluding hydrogens is 1890 g/mol. The van der Waals surface area contributed by atoms with Crippen LogP contribution in [0.5, 0.6) is 0 Å². The number of nitrogens with zero attached hydrogens (tertiary/aromatic N) is 12. The molecule has 0 aromatic carbocycles. The number of thiazole rings is 4. The number of carbonyl (C=O) groups is 8. The van der Waals surface area contributed by atoms with Gasteiger partial charge in [0.05, 0.1) is 48.5 Å². The summed E-state index contributed by atoms with van der Waals surface area (Å²) in [5.74, 6) is -2.08. The minimum atomic E-state index is -2.98. The second-order valence-electron chi connectivity index (χ2n) is 43.8. The van der Waals surface area contributed by atoms with E-state index >= 15 is 0 Å². The molecule has 0 radical (unpaired) electrons. The van der Waals surface area contributed by atoms with E-state index in [2.05, 4.69) is 104 Å².